The second-order valence-electron chi connectivity index (χ2n) is 21.3. The van der Waals surface area contributed by atoms with E-state index in [1.54, 1.807) is 0 Å². The fourth-order valence-electron chi connectivity index (χ4n) is 9.83. The number of nitrogens with one attached hydrogen (secondary N) is 1. The minimum Gasteiger partial charge on any atom is -0.394 e. The number of amides is 1. The molecular weight excluding hydrogens is 823 g/mol. The van der Waals surface area contributed by atoms with Gasteiger partial charge in [-0.3, -0.25) is 4.79 Å². The van der Waals surface area contributed by atoms with Gasteiger partial charge in [-0.1, -0.05) is 308 Å². The molecule has 0 fully saturated rings. The summed E-state index contributed by atoms with van der Waals surface area (Å²) in [5.74, 6) is -0.151. The van der Waals surface area contributed by atoms with Crippen molar-refractivity contribution in [1.29, 1.82) is 0 Å². The third kappa shape index (κ3) is 52.5. The molecule has 0 aromatic rings. The second-order valence-corrected chi connectivity index (χ2v) is 21.3. The lowest BCUT2D eigenvalue weighted by atomic mass is 10.0. The first-order valence-electron chi connectivity index (χ1n) is 30.6. The summed E-state index contributed by atoms with van der Waals surface area (Å²) >= 11 is 0. The summed E-state index contributed by atoms with van der Waals surface area (Å²) in [5, 5.41) is 33.8. The van der Waals surface area contributed by atoms with Crippen LogP contribution < -0.4 is 5.32 Å². The van der Waals surface area contributed by atoms with Crippen molar-refractivity contribution in [1.82, 2.24) is 5.32 Å². The molecule has 0 aliphatic rings. The van der Waals surface area contributed by atoms with Crippen LogP contribution >= 0.6 is 0 Å². The number of aliphatic hydroxyl groups excluding tert-OH is 3. The summed E-state index contributed by atoms with van der Waals surface area (Å²) in [5.41, 5.74) is 0. The van der Waals surface area contributed by atoms with E-state index >= 15 is 0 Å². The molecule has 3 atom stereocenters. The summed E-state index contributed by atoms with van der Waals surface area (Å²) in [6.45, 7) is 4.21. The average Bonchev–Trinajstić information content (AvgIpc) is 3.33. The number of allylic oxidation sites excluding steroid dienone is 4. The van der Waals surface area contributed by atoms with Crippen molar-refractivity contribution in [3.8, 4) is 0 Å². The Bertz CT molecular complexity index is 998. The van der Waals surface area contributed by atoms with E-state index in [2.05, 4.69) is 43.5 Å². The normalized spacial score (nSPS) is 13.3. The fourth-order valence-corrected chi connectivity index (χ4v) is 9.83. The van der Waals surface area contributed by atoms with Gasteiger partial charge >= 0.3 is 0 Å². The number of hydrogen-bond donors (Lipinski definition) is 4. The van der Waals surface area contributed by atoms with Crippen LogP contribution in [0.3, 0.4) is 0 Å². The SMILES string of the molecule is CCCCCCCCCCCCCCC/C=C/CC/C=C/CCCC(O)C(O)C(CO)NC(=O)CCCCCCCCCCCCCCCCCCCCCCCCCCCCCCCCC. The molecule has 3 unspecified atom stereocenters. The Morgan fingerprint density at radius 3 is 0.910 bits per heavy atom. The first-order chi connectivity index (χ1) is 33.1. The first-order valence-corrected chi connectivity index (χ1v) is 30.6. The van der Waals surface area contributed by atoms with Gasteiger partial charge in [0.25, 0.3) is 0 Å². The van der Waals surface area contributed by atoms with Crippen molar-refractivity contribution in [3.05, 3.63) is 24.3 Å². The van der Waals surface area contributed by atoms with E-state index < -0.39 is 18.2 Å². The zero-order valence-electron chi connectivity index (χ0n) is 45.6. The van der Waals surface area contributed by atoms with Gasteiger partial charge in [0.2, 0.25) is 5.91 Å². The van der Waals surface area contributed by atoms with Crippen LogP contribution in [0.1, 0.15) is 341 Å². The smallest absolute Gasteiger partial charge is 0.220 e. The summed E-state index contributed by atoms with van der Waals surface area (Å²) in [6, 6.07) is -0.831. The zero-order chi connectivity index (χ0) is 48.6. The number of carbonyl (C=O) groups is 1. The minimum atomic E-state index is -1.17. The monoisotopic (exact) mass is 944 g/mol. The highest BCUT2D eigenvalue weighted by molar-refractivity contribution is 5.76. The van der Waals surface area contributed by atoms with E-state index in [9.17, 15) is 20.1 Å². The molecule has 0 aliphatic carbocycles. The third-order valence-corrected chi connectivity index (χ3v) is 14.5. The van der Waals surface area contributed by atoms with Crippen molar-refractivity contribution in [2.45, 2.75) is 360 Å². The zero-order valence-corrected chi connectivity index (χ0v) is 45.6. The molecule has 0 bridgehead atoms. The lowest BCUT2D eigenvalue weighted by Gasteiger charge is -2.26. The maximum Gasteiger partial charge on any atom is 0.220 e. The predicted molar refractivity (Wildman–Crippen MR) is 296 cm³/mol. The Hall–Kier alpha value is -1.17. The van der Waals surface area contributed by atoms with E-state index in [1.165, 1.54) is 270 Å². The maximum absolute atomic E-state index is 12.5. The highest BCUT2D eigenvalue weighted by atomic mass is 16.3. The second kappa shape index (κ2) is 57.4. The molecule has 0 spiro atoms. The molecule has 0 radical (unpaired) electrons. The number of aliphatic hydroxyl groups is 3. The van der Waals surface area contributed by atoms with Gasteiger partial charge in [0.15, 0.2) is 0 Å². The summed E-state index contributed by atoms with van der Waals surface area (Å²) in [6.07, 6.45) is 73.6. The van der Waals surface area contributed by atoms with Gasteiger partial charge in [-0.15, -0.1) is 0 Å². The predicted octanol–water partition coefficient (Wildman–Crippen LogP) is 19.2. The molecule has 0 saturated heterocycles. The molecular formula is C62H121NO4. The van der Waals surface area contributed by atoms with Crippen LogP contribution in [0.5, 0.6) is 0 Å². The fraction of sp³-hybridized carbons (Fsp3) is 0.919. The largest absolute Gasteiger partial charge is 0.394 e. The highest BCUT2D eigenvalue weighted by Gasteiger charge is 2.26. The van der Waals surface area contributed by atoms with Gasteiger partial charge in [0.05, 0.1) is 18.8 Å². The summed E-state index contributed by atoms with van der Waals surface area (Å²) < 4.78 is 0. The number of rotatable bonds is 57. The Labute approximate surface area is 420 Å². The lowest BCUT2D eigenvalue weighted by molar-refractivity contribution is -0.124. The molecule has 1 amide bonds. The summed E-state index contributed by atoms with van der Waals surface area (Å²) in [4.78, 5) is 12.5. The highest BCUT2D eigenvalue weighted by Crippen LogP contribution is 2.18. The minimum absolute atomic E-state index is 0.151. The number of hydrogen-bond acceptors (Lipinski definition) is 4. The van der Waals surface area contributed by atoms with Crippen molar-refractivity contribution < 1.29 is 20.1 Å². The van der Waals surface area contributed by atoms with Crippen molar-refractivity contribution in [3.63, 3.8) is 0 Å². The van der Waals surface area contributed by atoms with Crippen LogP contribution in [0.2, 0.25) is 0 Å². The molecule has 0 aromatic carbocycles. The van der Waals surface area contributed by atoms with Gasteiger partial charge < -0.3 is 20.6 Å². The Morgan fingerprint density at radius 2 is 0.612 bits per heavy atom. The van der Waals surface area contributed by atoms with Gasteiger partial charge in [-0.05, 0) is 51.4 Å². The Kier molecular flexibility index (Phi) is 56.4. The maximum atomic E-state index is 12.5. The van der Waals surface area contributed by atoms with Gasteiger partial charge in [-0.25, -0.2) is 0 Å². The van der Waals surface area contributed by atoms with E-state index in [0.717, 1.165) is 44.9 Å². The van der Waals surface area contributed by atoms with E-state index in [0.29, 0.717) is 12.8 Å². The van der Waals surface area contributed by atoms with Crippen molar-refractivity contribution in [2.24, 2.45) is 0 Å². The molecule has 67 heavy (non-hydrogen) atoms. The van der Waals surface area contributed by atoms with Gasteiger partial charge in [0, 0.05) is 6.42 Å². The standard InChI is InChI=1S/C62H121NO4/c1-3-5-7-9-11-13-15-17-19-21-23-25-27-28-29-30-31-32-33-34-35-37-39-41-43-45-47-49-51-53-55-57-61(66)63-59(58-64)62(67)60(65)56-54-52-50-48-46-44-42-40-38-36-26-24-22-20-18-16-14-12-10-8-6-4-2/h40,42,48,50,59-60,62,64-65,67H,3-39,41,43-47,49,51-58H2,1-2H3,(H,63,66)/b42-40+,50-48+. The summed E-state index contributed by atoms with van der Waals surface area (Å²) in [7, 11) is 0. The molecule has 0 saturated carbocycles. The molecule has 5 nitrogen and oxygen atoms in total. The molecule has 4 N–H and O–H groups in total. The number of unbranched alkanes of at least 4 members (excludes halogenated alkanes) is 45. The van der Waals surface area contributed by atoms with Gasteiger partial charge in [-0.2, -0.15) is 0 Å². The molecule has 0 aliphatic heterocycles. The quantitative estimate of drug-likeness (QED) is 0.0361. The number of carbonyl (C=O) groups excluding carboxylic acids is 1. The molecule has 0 rings (SSSR count). The van der Waals surface area contributed by atoms with Crippen LogP contribution in [0, 0.1) is 0 Å². The molecule has 5 heteroatoms. The van der Waals surface area contributed by atoms with E-state index in [-0.39, 0.29) is 12.5 Å². The lowest BCUT2D eigenvalue weighted by Crippen LogP contribution is -2.50. The van der Waals surface area contributed by atoms with Crippen molar-refractivity contribution in [2.75, 3.05) is 6.61 Å². The van der Waals surface area contributed by atoms with Crippen LogP contribution in [0.15, 0.2) is 24.3 Å². The Morgan fingerprint density at radius 1 is 0.358 bits per heavy atom. The van der Waals surface area contributed by atoms with Gasteiger partial charge in [0.1, 0.15) is 6.10 Å². The van der Waals surface area contributed by atoms with Crippen LogP contribution in [-0.2, 0) is 4.79 Å². The van der Waals surface area contributed by atoms with E-state index in [1.807, 2.05) is 0 Å². The van der Waals surface area contributed by atoms with Crippen LogP contribution in [0.4, 0.5) is 0 Å². The van der Waals surface area contributed by atoms with Crippen molar-refractivity contribution >= 4 is 5.91 Å². The van der Waals surface area contributed by atoms with E-state index in [4.69, 9.17) is 0 Å². The van der Waals surface area contributed by atoms with Crippen LogP contribution in [-0.4, -0.2) is 46.1 Å². The molecule has 0 heterocycles. The molecule has 398 valence electrons. The topological polar surface area (TPSA) is 89.8 Å². The Balaban J connectivity index is 3.52. The average molecular weight is 945 g/mol. The molecule has 0 aromatic heterocycles. The third-order valence-electron chi connectivity index (χ3n) is 14.5. The van der Waals surface area contributed by atoms with Crippen LogP contribution in [0.25, 0.3) is 0 Å². The first kappa shape index (κ1) is 65.8.